The van der Waals surface area contributed by atoms with E-state index in [1.807, 2.05) is 0 Å². The van der Waals surface area contributed by atoms with Crippen LogP contribution >= 0.6 is 0 Å². The molecule has 7 heteroatoms. The van der Waals surface area contributed by atoms with E-state index in [-0.39, 0.29) is 5.92 Å². The predicted octanol–water partition coefficient (Wildman–Crippen LogP) is 0.0525. The lowest BCUT2D eigenvalue weighted by Gasteiger charge is -2.25. The number of rotatable bonds is 3. The first-order valence-corrected chi connectivity index (χ1v) is 5.76. The van der Waals surface area contributed by atoms with E-state index in [2.05, 4.69) is 10.1 Å². The Labute approximate surface area is 105 Å². The summed E-state index contributed by atoms with van der Waals surface area (Å²) in [7, 11) is 1.23. The standard InChI is InChI=1S/C11H18N2O5/c1-6-4-5-13(8(6)9(14)15)11(17)12-7(2)10(16)18-3/h6-8H,4-5H2,1-3H3,(H,12,17)(H,14,15). The number of esters is 1. The number of nitrogens with zero attached hydrogens (tertiary/aromatic N) is 1. The first kappa shape index (κ1) is 14.3. The summed E-state index contributed by atoms with van der Waals surface area (Å²) in [6.07, 6.45) is 0.636. The average molecular weight is 258 g/mol. The van der Waals surface area contributed by atoms with Gasteiger partial charge in [-0.05, 0) is 19.3 Å². The van der Waals surface area contributed by atoms with E-state index in [0.717, 1.165) is 0 Å². The maximum atomic E-state index is 11.9. The molecule has 1 aliphatic heterocycles. The molecular formula is C11H18N2O5. The molecule has 3 unspecified atom stereocenters. The molecule has 0 aromatic carbocycles. The first-order chi connectivity index (χ1) is 8.38. The van der Waals surface area contributed by atoms with E-state index in [0.29, 0.717) is 13.0 Å². The summed E-state index contributed by atoms with van der Waals surface area (Å²) < 4.78 is 4.48. The predicted molar refractivity (Wildman–Crippen MR) is 61.9 cm³/mol. The summed E-state index contributed by atoms with van der Waals surface area (Å²) in [5, 5.41) is 11.5. The Morgan fingerprint density at radius 1 is 1.44 bits per heavy atom. The highest BCUT2D eigenvalue weighted by atomic mass is 16.5. The Kier molecular flexibility index (Phi) is 4.52. The number of nitrogens with one attached hydrogen (secondary N) is 1. The topological polar surface area (TPSA) is 95.9 Å². The van der Waals surface area contributed by atoms with Gasteiger partial charge in [-0.15, -0.1) is 0 Å². The third kappa shape index (κ3) is 2.91. The average Bonchev–Trinajstić information content (AvgIpc) is 2.69. The number of amides is 2. The molecule has 2 amide bonds. The summed E-state index contributed by atoms with van der Waals surface area (Å²) in [5.74, 6) is -1.69. The van der Waals surface area contributed by atoms with Crippen molar-refractivity contribution in [2.75, 3.05) is 13.7 Å². The number of methoxy groups -OCH3 is 1. The smallest absolute Gasteiger partial charge is 0.328 e. The van der Waals surface area contributed by atoms with Crippen molar-refractivity contribution in [1.29, 1.82) is 0 Å². The lowest BCUT2D eigenvalue weighted by molar-refractivity contribution is -0.142. The van der Waals surface area contributed by atoms with Gasteiger partial charge in [0.05, 0.1) is 7.11 Å². The van der Waals surface area contributed by atoms with Crippen molar-refractivity contribution < 1.29 is 24.2 Å². The molecular weight excluding hydrogens is 240 g/mol. The van der Waals surface area contributed by atoms with Crippen LogP contribution in [0.25, 0.3) is 0 Å². The van der Waals surface area contributed by atoms with Crippen molar-refractivity contribution in [1.82, 2.24) is 10.2 Å². The number of hydrogen-bond donors (Lipinski definition) is 2. The Balaban J connectivity index is 2.67. The van der Waals surface area contributed by atoms with Crippen molar-refractivity contribution in [3.05, 3.63) is 0 Å². The summed E-state index contributed by atoms with van der Waals surface area (Å²) in [4.78, 5) is 35.4. The normalized spacial score (nSPS) is 24.5. The maximum Gasteiger partial charge on any atom is 0.328 e. The highest BCUT2D eigenvalue weighted by molar-refractivity contribution is 5.87. The van der Waals surface area contributed by atoms with Crippen molar-refractivity contribution in [3.63, 3.8) is 0 Å². The molecule has 2 N–H and O–H groups in total. The van der Waals surface area contributed by atoms with Crippen LogP contribution in [0.3, 0.4) is 0 Å². The van der Waals surface area contributed by atoms with Crippen LogP contribution in [0.1, 0.15) is 20.3 Å². The second-order valence-electron chi connectivity index (χ2n) is 4.44. The third-order valence-corrected chi connectivity index (χ3v) is 3.11. The lowest BCUT2D eigenvalue weighted by atomic mass is 10.0. The van der Waals surface area contributed by atoms with Crippen LogP contribution in [0.2, 0.25) is 0 Å². The molecule has 1 rings (SSSR count). The quantitative estimate of drug-likeness (QED) is 0.697. The van der Waals surface area contributed by atoms with Gasteiger partial charge < -0.3 is 20.1 Å². The zero-order valence-corrected chi connectivity index (χ0v) is 10.7. The van der Waals surface area contributed by atoms with Gasteiger partial charge in [0.2, 0.25) is 0 Å². The van der Waals surface area contributed by atoms with Crippen molar-refractivity contribution >= 4 is 18.0 Å². The number of hydrogen-bond acceptors (Lipinski definition) is 4. The molecule has 0 aromatic rings. The van der Waals surface area contributed by atoms with E-state index in [9.17, 15) is 14.4 Å². The third-order valence-electron chi connectivity index (χ3n) is 3.11. The van der Waals surface area contributed by atoms with Crippen LogP contribution in [-0.4, -0.2) is 53.7 Å². The van der Waals surface area contributed by atoms with Gasteiger partial charge in [0.25, 0.3) is 0 Å². The number of carbonyl (C=O) groups excluding carboxylic acids is 2. The summed E-state index contributed by atoms with van der Waals surface area (Å²) in [5.41, 5.74) is 0. The van der Waals surface area contributed by atoms with Gasteiger partial charge in [0.15, 0.2) is 0 Å². The molecule has 0 spiro atoms. The van der Waals surface area contributed by atoms with Gasteiger partial charge in [-0.2, -0.15) is 0 Å². The van der Waals surface area contributed by atoms with Gasteiger partial charge in [-0.25, -0.2) is 14.4 Å². The van der Waals surface area contributed by atoms with Crippen molar-refractivity contribution in [2.24, 2.45) is 5.92 Å². The summed E-state index contributed by atoms with van der Waals surface area (Å²) in [6.45, 7) is 3.65. The molecule has 18 heavy (non-hydrogen) atoms. The number of ether oxygens (including phenoxy) is 1. The largest absolute Gasteiger partial charge is 0.480 e. The lowest BCUT2D eigenvalue weighted by Crippen LogP contribution is -2.51. The maximum absolute atomic E-state index is 11.9. The molecule has 102 valence electrons. The minimum absolute atomic E-state index is 0.0957. The Bertz CT molecular complexity index is 357. The minimum atomic E-state index is -1.03. The fraction of sp³-hybridized carbons (Fsp3) is 0.727. The molecule has 0 saturated carbocycles. The van der Waals surface area contributed by atoms with Gasteiger partial charge in [-0.1, -0.05) is 6.92 Å². The number of urea groups is 1. The molecule has 3 atom stereocenters. The second-order valence-corrected chi connectivity index (χ2v) is 4.44. The Morgan fingerprint density at radius 3 is 2.56 bits per heavy atom. The molecule has 0 bridgehead atoms. The zero-order chi connectivity index (χ0) is 13.9. The van der Waals surface area contributed by atoms with Gasteiger partial charge in [0, 0.05) is 6.54 Å². The number of carbonyl (C=O) groups is 3. The number of likely N-dealkylation sites (tertiary alicyclic amines) is 1. The van der Waals surface area contributed by atoms with E-state index in [4.69, 9.17) is 5.11 Å². The van der Waals surface area contributed by atoms with Crippen molar-refractivity contribution in [3.8, 4) is 0 Å². The molecule has 7 nitrogen and oxygen atoms in total. The zero-order valence-electron chi connectivity index (χ0n) is 10.7. The molecule has 0 aliphatic carbocycles. The van der Waals surface area contributed by atoms with Crippen LogP contribution in [-0.2, 0) is 14.3 Å². The summed E-state index contributed by atoms with van der Waals surface area (Å²) >= 11 is 0. The molecule has 1 heterocycles. The number of carboxylic acids is 1. The van der Waals surface area contributed by atoms with Crippen LogP contribution in [0, 0.1) is 5.92 Å². The first-order valence-electron chi connectivity index (χ1n) is 5.76. The Hall–Kier alpha value is -1.79. The van der Waals surface area contributed by atoms with E-state index < -0.39 is 30.1 Å². The van der Waals surface area contributed by atoms with Gasteiger partial charge in [0.1, 0.15) is 12.1 Å². The van der Waals surface area contributed by atoms with E-state index >= 15 is 0 Å². The molecule has 0 aromatic heterocycles. The molecule has 1 fully saturated rings. The van der Waals surface area contributed by atoms with Crippen LogP contribution in [0.4, 0.5) is 4.79 Å². The number of aliphatic carboxylic acids is 1. The van der Waals surface area contributed by atoms with E-state index in [1.54, 1.807) is 6.92 Å². The van der Waals surface area contributed by atoms with Crippen LogP contribution in [0.5, 0.6) is 0 Å². The van der Waals surface area contributed by atoms with Crippen molar-refractivity contribution in [2.45, 2.75) is 32.4 Å². The fourth-order valence-electron chi connectivity index (χ4n) is 2.06. The highest BCUT2D eigenvalue weighted by Gasteiger charge is 2.40. The van der Waals surface area contributed by atoms with Crippen LogP contribution in [0.15, 0.2) is 0 Å². The molecule has 1 aliphatic rings. The molecule has 0 radical (unpaired) electrons. The summed E-state index contributed by atoms with van der Waals surface area (Å²) in [6, 6.07) is -2.19. The minimum Gasteiger partial charge on any atom is -0.480 e. The number of carboxylic acid groups (broad SMARTS) is 1. The fourth-order valence-corrected chi connectivity index (χ4v) is 2.06. The van der Waals surface area contributed by atoms with Crippen LogP contribution < -0.4 is 5.32 Å². The monoisotopic (exact) mass is 258 g/mol. The molecule has 1 saturated heterocycles. The van der Waals surface area contributed by atoms with Gasteiger partial charge in [-0.3, -0.25) is 0 Å². The second kappa shape index (κ2) is 5.70. The highest BCUT2D eigenvalue weighted by Crippen LogP contribution is 2.24. The van der Waals surface area contributed by atoms with Gasteiger partial charge >= 0.3 is 18.0 Å². The van der Waals surface area contributed by atoms with E-state index in [1.165, 1.54) is 18.9 Å². The SMILES string of the molecule is COC(=O)C(C)NC(=O)N1CCC(C)C1C(=O)O. The Morgan fingerprint density at radius 2 is 2.06 bits per heavy atom.